The first kappa shape index (κ1) is 17.5. The molecule has 140 valence electrons. The number of aryl methyl sites for hydroxylation is 1. The third-order valence-corrected chi connectivity index (χ3v) is 4.69. The first-order valence-corrected chi connectivity index (χ1v) is 9.32. The number of fused-ring (bicyclic) bond motifs is 2. The molecule has 0 atom stereocenters. The zero-order valence-corrected chi connectivity index (χ0v) is 15.5. The maximum Gasteiger partial charge on any atom is 0.200 e. The number of hydrogen-bond donors (Lipinski definition) is 0. The average Bonchev–Trinajstić information content (AvgIpc) is 2.93. The van der Waals surface area contributed by atoms with E-state index < -0.39 is 0 Å². The van der Waals surface area contributed by atoms with Crippen molar-refractivity contribution in [3.8, 4) is 28.4 Å². The van der Waals surface area contributed by atoms with Crippen LogP contribution in [0.1, 0.15) is 25.8 Å². The van der Waals surface area contributed by atoms with Crippen molar-refractivity contribution in [1.82, 2.24) is 0 Å². The molecule has 0 saturated carbocycles. The zero-order valence-electron chi connectivity index (χ0n) is 15.5. The van der Waals surface area contributed by atoms with Crippen LogP contribution in [0.25, 0.3) is 22.1 Å². The van der Waals surface area contributed by atoms with Crippen molar-refractivity contribution in [3.05, 3.63) is 52.4 Å². The third kappa shape index (κ3) is 3.25. The molecule has 0 spiro atoms. The average molecular weight is 366 g/mol. The van der Waals surface area contributed by atoms with Crippen LogP contribution in [-0.2, 0) is 6.42 Å². The van der Waals surface area contributed by atoms with Crippen molar-refractivity contribution in [2.75, 3.05) is 19.8 Å². The van der Waals surface area contributed by atoms with E-state index in [1.165, 1.54) is 6.26 Å². The van der Waals surface area contributed by atoms with E-state index in [1.54, 1.807) is 6.07 Å². The van der Waals surface area contributed by atoms with Gasteiger partial charge in [-0.05, 0) is 42.7 Å². The molecule has 0 amide bonds. The molecular formula is C22H22O5. The summed E-state index contributed by atoms with van der Waals surface area (Å²) in [4.78, 5) is 13.1. The summed E-state index contributed by atoms with van der Waals surface area (Å²) in [5.74, 6) is 2.13. The summed E-state index contributed by atoms with van der Waals surface area (Å²) >= 11 is 0. The highest BCUT2D eigenvalue weighted by atomic mass is 16.5. The Hall–Kier alpha value is -2.95. The summed E-state index contributed by atoms with van der Waals surface area (Å²) in [5.41, 5.74) is 2.71. The molecule has 3 aromatic rings. The normalized spacial score (nSPS) is 13.4. The molecule has 0 N–H and O–H groups in total. The first-order valence-electron chi connectivity index (χ1n) is 9.32. The third-order valence-electron chi connectivity index (χ3n) is 4.69. The topological polar surface area (TPSA) is 57.9 Å². The van der Waals surface area contributed by atoms with Gasteiger partial charge in [0.25, 0.3) is 0 Å². The number of benzene rings is 2. The van der Waals surface area contributed by atoms with Gasteiger partial charge in [-0.1, -0.05) is 13.0 Å². The fourth-order valence-electron chi connectivity index (χ4n) is 3.30. The summed E-state index contributed by atoms with van der Waals surface area (Å²) in [5, 5.41) is 0.555. The Balaban J connectivity index is 1.83. The molecule has 2 heterocycles. The fraction of sp³-hybridized carbons (Fsp3) is 0.318. The molecular weight excluding hydrogens is 344 g/mol. The Morgan fingerprint density at radius 2 is 1.85 bits per heavy atom. The van der Waals surface area contributed by atoms with Crippen LogP contribution in [0.3, 0.4) is 0 Å². The monoisotopic (exact) mass is 366 g/mol. The van der Waals surface area contributed by atoms with Gasteiger partial charge in [0.15, 0.2) is 11.5 Å². The van der Waals surface area contributed by atoms with E-state index in [-0.39, 0.29) is 5.43 Å². The summed E-state index contributed by atoms with van der Waals surface area (Å²) in [6.45, 7) is 5.78. The van der Waals surface area contributed by atoms with Crippen LogP contribution in [0.4, 0.5) is 0 Å². The van der Waals surface area contributed by atoms with Crippen molar-refractivity contribution in [2.45, 2.75) is 26.7 Å². The van der Waals surface area contributed by atoms with Crippen LogP contribution in [0.2, 0.25) is 0 Å². The van der Waals surface area contributed by atoms with Gasteiger partial charge in [0.1, 0.15) is 17.6 Å². The molecule has 4 rings (SSSR count). The summed E-state index contributed by atoms with van der Waals surface area (Å²) in [7, 11) is 0. The highest BCUT2D eigenvalue weighted by Gasteiger charge is 2.16. The van der Waals surface area contributed by atoms with Crippen LogP contribution in [0.5, 0.6) is 17.2 Å². The smallest absolute Gasteiger partial charge is 0.200 e. The van der Waals surface area contributed by atoms with Crippen molar-refractivity contribution in [3.63, 3.8) is 0 Å². The van der Waals surface area contributed by atoms with Crippen molar-refractivity contribution in [1.29, 1.82) is 0 Å². The fourth-order valence-corrected chi connectivity index (χ4v) is 3.30. The second-order valence-electron chi connectivity index (χ2n) is 6.43. The minimum atomic E-state index is -0.0662. The van der Waals surface area contributed by atoms with Gasteiger partial charge >= 0.3 is 0 Å². The van der Waals surface area contributed by atoms with Gasteiger partial charge in [0, 0.05) is 12.5 Å². The van der Waals surface area contributed by atoms with Crippen LogP contribution in [0, 0.1) is 0 Å². The Morgan fingerprint density at radius 3 is 2.63 bits per heavy atom. The van der Waals surface area contributed by atoms with Gasteiger partial charge in [-0.25, -0.2) is 0 Å². The predicted molar refractivity (Wildman–Crippen MR) is 104 cm³/mol. The largest absolute Gasteiger partial charge is 0.493 e. The van der Waals surface area contributed by atoms with Gasteiger partial charge in [-0.15, -0.1) is 0 Å². The maximum absolute atomic E-state index is 13.1. The Bertz CT molecular complexity index is 1030. The van der Waals surface area contributed by atoms with Crippen molar-refractivity contribution in [2.24, 2.45) is 0 Å². The van der Waals surface area contributed by atoms with Crippen LogP contribution in [0.15, 0.2) is 45.8 Å². The summed E-state index contributed by atoms with van der Waals surface area (Å²) in [6.07, 6.45) is 3.12. The highest BCUT2D eigenvalue weighted by Crippen LogP contribution is 2.34. The van der Waals surface area contributed by atoms with E-state index >= 15 is 0 Å². The first-order chi connectivity index (χ1) is 13.2. The predicted octanol–water partition coefficient (Wildman–Crippen LogP) is 4.58. The molecule has 1 aromatic heterocycles. The lowest BCUT2D eigenvalue weighted by molar-refractivity contribution is 0.297. The number of rotatable bonds is 4. The number of ether oxygens (including phenoxy) is 3. The molecule has 1 aliphatic rings. The molecule has 0 bridgehead atoms. The highest BCUT2D eigenvalue weighted by molar-refractivity contribution is 5.84. The van der Waals surface area contributed by atoms with Gasteiger partial charge < -0.3 is 18.6 Å². The van der Waals surface area contributed by atoms with Crippen molar-refractivity contribution < 1.29 is 18.6 Å². The van der Waals surface area contributed by atoms with Gasteiger partial charge in [0.05, 0.1) is 30.8 Å². The minimum absolute atomic E-state index is 0.0662. The van der Waals surface area contributed by atoms with E-state index in [1.807, 2.05) is 38.1 Å². The molecule has 0 aliphatic carbocycles. The molecule has 0 radical (unpaired) electrons. The zero-order chi connectivity index (χ0) is 18.8. The molecule has 0 saturated heterocycles. The standard InChI is InChI=1S/C22H22O5/c1-3-14-10-16-20(12-19(14)24-4-2)27-13-17(22(16)23)15-6-7-18-21(11-15)26-9-5-8-25-18/h6-7,10-13H,3-5,8-9H2,1-2H3. The quantitative estimate of drug-likeness (QED) is 0.676. The van der Waals surface area contributed by atoms with Crippen LogP contribution in [-0.4, -0.2) is 19.8 Å². The Labute approximate surface area is 157 Å². The maximum atomic E-state index is 13.1. The van der Waals surface area contributed by atoms with E-state index in [0.29, 0.717) is 47.9 Å². The van der Waals surface area contributed by atoms with Gasteiger partial charge in [-0.2, -0.15) is 0 Å². The summed E-state index contributed by atoms with van der Waals surface area (Å²) < 4.78 is 22.9. The molecule has 5 nitrogen and oxygen atoms in total. The Morgan fingerprint density at radius 1 is 1.04 bits per heavy atom. The molecule has 0 unspecified atom stereocenters. The number of hydrogen-bond acceptors (Lipinski definition) is 5. The summed E-state index contributed by atoms with van der Waals surface area (Å²) in [6, 6.07) is 9.22. The molecule has 27 heavy (non-hydrogen) atoms. The van der Waals surface area contributed by atoms with E-state index in [9.17, 15) is 4.79 Å². The van der Waals surface area contributed by atoms with E-state index in [0.717, 1.165) is 29.7 Å². The minimum Gasteiger partial charge on any atom is -0.493 e. The van der Waals surface area contributed by atoms with E-state index in [2.05, 4.69) is 0 Å². The lowest BCUT2D eigenvalue weighted by Crippen LogP contribution is -2.06. The molecule has 0 fully saturated rings. The van der Waals surface area contributed by atoms with Gasteiger partial charge in [0.2, 0.25) is 5.43 Å². The molecule has 2 aromatic carbocycles. The molecule has 1 aliphatic heterocycles. The second kappa shape index (κ2) is 7.35. The van der Waals surface area contributed by atoms with Crippen LogP contribution < -0.4 is 19.6 Å². The lowest BCUT2D eigenvalue weighted by atomic mass is 10.0. The lowest BCUT2D eigenvalue weighted by Gasteiger charge is -2.11. The van der Waals surface area contributed by atoms with E-state index in [4.69, 9.17) is 18.6 Å². The SMILES string of the molecule is CCOc1cc2occ(-c3ccc4c(c3)OCCCO4)c(=O)c2cc1CC. The molecule has 5 heteroatoms. The second-order valence-corrected chi connectivity index (χ2v) is 6.43. The Kier molecular flexibility index (Phi) is 4.75. The van der Waals surface area contributed by atoms with Gasteiger partial charge in [-0.3, -0.25) is 4.79 Å². The van der Waals surface area contributed by atoms with Crippen LogP contribution >= 0.6 is 0 Å². The van der Waals surface area contributed by atoms with Crippen molar-refractivity contribution >= 4 is 11.0 Å².